The van der Waals surface area contributed by atoms with Gasteiger partial charge in [-0.2, -0.15) is 0 Å². The Labute approximate surface area is 95.9 Å². The molecule has 1 N–H and O–H groups in total. The molecule has 0 atom stereocenters. The van der Waals surface area contributed by atoms with Crippen molar-refractivity contribution >= 4 is 11.7 Å². The van der Waals surface area contributed by atoms with Crippen molar-refractivity contribution < 1.29 is 14.8 Å². The van der Waals surface area contributed by atoms with E-state index in [1.54, 1.807) is 12.3 Å². The highest BCUT2D eigenvalue weighted by atomic mass is 16.6. The van der Waals surface area contributed by atoms with Crippen molar-refractivity contribution in [2.24, 2.45) is 0 Å². The molecular weight excluding hydrogens is 224 g/mol. The SMILES string of the molecule is O=C(O)c1cccn1-c1ccc([N+](=O)[O-])cc1. The Morgan fingerprint density at radius 1 is 1.24 bits per heavy atom. The number of rotatable bonds is 3. The lowest BCUT2D eigenvalue weighted by molar-refractivity contribution is -0.384. The van der Waals surface area contributed by atoms with Gasteiger partial charge in [-0.05, 0) is 24.3 Å². The molecular formula is C11H8N2O4. The first-order valence-corrected chi connectivity index (χ1v) is 4.75. The number of aromatic nitrogens is 1. The second-order valence-electron chi connectivity index (χ2n) is 3.34. The highest BCUT2D eigenvalue weighted by Crippen LogP contribution is 2.17. The zero-order valence-electron chi connectivity index (χ0n) is 8.61. The van der Waals surface area contributed by atoms with Crippen LogP contribution in [0.5, 0.6) is 0 Å². The van der Waals surface area contributed by atoms with Crippen LogP contribution in [0.3, 0.4) is 0 Å². The van der Waals surface area contributed by atoms with Crippen molar-refractivity contribution in [2.75, 3.05) is 0 Å². The minimum Gasteiger partial charge on any atom is -0.477 e. The number of carbonyl (C=O) groups is 1. The summed E-state index contributed by atoms with van der Waals surface area (Å²) < 4.78 is 1.45. The molecule has 0 saturated heterocycles. The second kappa shape index (κ2) is 4.09. The fraction of sp³-hybridized carbons (Fsp3) is 0. The van der Waals surface area contributed by atoms with Gasteiger partial charge in [0.15, 0.2) is 0 Å². The van der Waals surface area contributed by atoms with Crippen molar-refractivity contribution in [3.63, 3.8) is 0 Å². The molecule has 0 spiro atoms. The van der Waals surface area contributed by atoms with Crippen LogP contribution in [-0.4, -0.2) is 20.6 Å². The number of nitro groups is 1. The third kappa shape index (κ3) is 2.00. The number of nitrogens with zero attached hydrogens (tertiary/aromatic N) is 2. The van der Waals surface area contributed by atoms with Gasteiger partial charge in [-0.15, -0.1) is 0 Å². The van der Waals surface area contributed by atoms with Gasteiger partial charge >= 0.3 is 5.97 Å². The first-order chi connectivity index (χ1) is 8.09. The van der Waals surface area contributed by atoms with Gasteiger partial charge in [-0.25, -0.2) is 4.79 Å². The second-order valence-corrected chi connectivity index (χ2v) is 3.34. The molecule has 6 heteroatoms. The van der Waals surface area contributed by atoms with Crippen LogP contribution in [0, 0.1) is 10.1 Å². The smallest absolute Gasteiger partial charge is 0.352 e. The number of non-ortho nitro benzene ring substituents is 1. The number of nitro benzene ring substituents is 1. The van der Waals surface area contributed by atoms with Crippen LogP contribution in [0.4, 0.5) is 5.69 Å². The predicted octanol–water partition coefficient (Wildman–Crippen LogP) is 2.08. The largest absolute Gasteiger partial charge is 0.477 e. The summed E-state index contributed by atoms with van der Waals surface area (Å²) in [5.74, 6) is -1.05. The summed E-state index contributed by atoms with van der Waals surface area (Å²) in [5, 5.41) is 19.4. The van der Waals surface area contributed by atoms with E-state index in [4.69, 9.17) is 5.11 Å². The molecule has 17 heavy (non-hydrogen) atoms. The van der Waals surface area contributed by atoms with Gasteiger partial charge in [0.05, 0.1) is 4.92 Å². The summed E-state index contributed by atoms with van der Waals surface area (Å²) in [6.07, 6.45) is 1.59. The lowest BCUT2D eigenvalue weighted by Gasteiger charge is -2.05. The molecule has 2 aromatic rings. The molecule has 0 aliphatic rings. The van der Waals surface area contributed by atoms with Crippen LogP contribution >= 0.6 is 0 Å². The van der Waals surface area contributed by atoms with Gasteiger partial charge in [0.1, 0.15) is 5.69 Å². The molecule has 0 aliphatic heterocycles. The molecule has 0 fully saturated rings. The molecule has 2 rings (SSSR count). The molecule has 86 valence electrons. The maximum absolute atomic E-state index is 10.9. The Bertz CT molecular complexity index is 571. The van der Waals surface area contributed by atoms with Crippen LogP contribution in [0.25, 0.3) is 5.69 Å². The van der Waals surface area contributed by atoms with Crippen molar-refractivity contribution in [3.8, 4) is 5.69 Å². The zero-order chi connectivity index (χ0) is 12.4. The highest BCUT2D eigenvalue weighted by Gasteiger charge is 2.11. The van der Waals surface area contributed by atoms with Gasteiger partial charge in [0.25, 0.3) is 5.69 Å². The van der Waals surface area contributed by atoms with Crippen molar-refractivity contribution in [3.05, 3.63) is 58.4 Å². The quantitative estimate of drug-likeness (QED) is 0.648. The average molecular weight is 232 g/mol. The van der Waals surface area contributed by atoms with E-state index in [1.165, 1.54) is 34.9 Å². The Balaban J connectivity index is 2.43. The number of carboxylic acid groups (broad SMARTS) is 1. The molecule has 0 bridgehead atoms. The fourth-order valence-electron chi connectivity index (χ4n) is 1.52. The summed E-state index contributed by atoms with van der Waals surface area (Å²) >= 11 is 0. The minimum atomic E-state index is -1.05. The van der Waals surface area contributed by atoms with Crippen LogP contribution in [0.1, 0.15) is 10.5 Å². The van der Waals surface area contributed by atoms with Crippen molar-refractivity contribution in [1.29, 1.82) is 0 Å². The molecule has 0 radical (unpaired) electrons. The van der Waals surface area contributed by atoms with Gasteiger partial charge in [-0.1, -0.05) is 0 Å². The maximum atomic E-state index is 10.9. The summed E-state index contributed by atoms with van der Waals surface area (Å²) in [4.78, 5) is 20.9. The monoisotopic (exact) mass is 232 g/mol. The summed E-state index contributed by atoms with van der Waals surface area (Å²) in [5.41, 5.74) is 0.648. The van der Waals surface area contributed by atoms with E-state index in [1.807, 2.05) is 0 Å². The Kier molecular flexibility index (Phi) is 2.61. The molecule has 1 aromatic heterocycles. The number of hydrogen-bond acceptors (Lipinski definition) is 3. The fourth-order valence-corrected chi connectivity index (χ4v) is 1.52. The number of carboxylic acids is 1. The molecule has 1 aromatic carbocycles. The number of benzene rings is 1. The Hall–Kier alpha value is -2.63. The van der Waals surface area contributed by atoms with Crippen LogP contribution < -0.4 is 0 Å². The standard InChI is InChI=1S/C11H8N2O4/c14-11(15)10-2-1-7-12(10)8-3-5-9(6-4-8)13(16)17/h1-7H,(H,14,15). The van der Waals surface area contributed by atoms with E-state index in [0.29, 0.717) is 5.69 Å². The number of hydrogen-bond donors (Lipinski definition) is 1. The van der Waals surface area contributed by atoms with E-state index in [-0.39, 0.29) is 11.4 Å². The van der Waals surface area contributed by atoms with E-state index >= 15 is 0 Å². The maximum Gasteiger partial charge on any atom is 0.352 e. The highest BCUT2D eigenvalue weighted by molar-refractivity contribution is 5.86. The van der Waals surface area contributed by atoms with E-state index in [0.717, 1.165) is 0 Å². The van der Waals surface area contributed by atoms with Crippen LogP contribution in [0.15, 0.2) is 42.6 Å². The molecule has 0 saturated carbocycles. The molecule has 1 heterocycles. The van der Waals surface area contributed by atoms with Gasteiger partial charge in [0, 0.05) is 24.0 Å². The first kappa shape index (κ1) is 10.9. The summed E-state index contributed by atoms with van der Waals surface area (Å²) in [6.45, 7) is 0. The Morgan fingerprint density at radius 2 is 1.88 bits per heavy atom. The molecule has 0 unspecified atom stereocenters. The van der Waals surface area contributed by atoms with Crippen molar-refractivity contribution in [1.82, 2.24) is 4.57 Å². The lowest BCUT2D eigenvalue weighted by atomic mass is 10.3. The third-order valence-corrected chi connectivity index (χ3v) is 2.31. The normalized spacial score (nSPS) is 10.1. The average Bonchev–Trinajstić information content (AvgIpc) is 2.78. The Morgan fingerprint density at radius 3 is 2.41 bits per heavy atom. The predicted molar refractivity (Wildman–Crippen MR) is 59.4 cm³/mol. The topological polar surface area (TPSA) is 85.4 Å². The minimum absolute atomic E-state index is 0.0298. The summed E-state index contributed by atoms with van der Waals surface area (Å²) in [7, 11) is 0. The number of aromatic carboxylic acids is 1. The first-order valence-electron chi connectivity index (χ1n) is 4.75. The molecule has 0 aliphatic carbocycles. The zero-order valence-corrected chi connectivity index (χ0v) is 8.61. The van der Waals surface area contributed by atoms with Crippen LogP contribution in [0.2, 0.25) is 0 Å². The van der Waals surface area contributed by atoms with Gasteiger partial charge in [0.2, 0.25) is 0 Å². The van der Waals surface area contributed by atoms with Gasteiger partial charge < -0.3 is 9.67 Å². The molecule has 0 amide bonds. The van der Waals surface area contributed by atoms with E-state index in [9.17, 15) is 14.9 Å². The van der Waals surface area contributed by atoms with Gasteiger partial charge in [-0.3, -0.25) is 10.1 Å². The lowest BCUT2D eigenvalue weighted by Crippen LogP contribution is -2.05. The van der Waals surface area contributed by atoms with Crippen LogP contribution in [-0.2, 0) is 0 Å². The van der Waals surface area contributed by atoms with E-state index in [2.05, 4.69) is 0 Å². The van der Waals surface area contributed by atoms with E-state index < -0.39 is 10.9 Å². The van der Waals surface area contributed by atoms with Crippen molar-refractivity contribution in [2.45, 2.75) is 0 Å². The summed E-state index contributed by atoms with van der Waals surface area (Å²) in [6, 6.07) is 8.74. The molecule has 6 nitrogen and oxygen atoms in total. The third-order valence-electron chi connectivity index (χ3n) is 2.31.